The normalized spacial score (nSPS) is 19.0. The lowest BCUT2D eigenvalue weighted by atomic mass is 10.00. The third-order valence-electron chi connectivity index (χ3n) is 4.34. The van der Waals surface area contributed by atoms with Crippen LogP contribution in [0.5, 0.6) is 5.88 Å². The minimum absolute atomic E-state index is 0.0222. The van der Waals surface area contributed by atoms with Gasteiger partial charge in [0.1, 0.15) is 0 Å². The summed E-state index contributed by atoms with van der Waals surface area (Å²) in [5.41, 5.74) is 0.614. The zero-order valence-electron chi connectivity index (χ0n) is 13.9. The predicted octanol–water partition coefficient (Wildman–Crippen LogP) is 2.43. The molecule has 1 aromatic rings. The average Bonchev–Trinajstić information content (AvgIpc) is 2.54. The van der Waals surface area contributed by atoms with Gasteiger partial charge < -0.3 is 14.5 Å². The summed E-state index contributed by atoms with van der Waals surface area (Å²) >= 11 is 0. The lowest BCUT2D eigenvalue weighted by molar-refractivity contribution is 0.0770. The van der Waals surface area contributed by atoms with Crippen LogP contribution in [0.2, 0.25) is 0 Å². The molecule has 2 rings (SSSR count). The molecule has 1 aliphatic rings. The van der Waals surface area contributed by atoms with Gasteiger partial charge in [-0.25, -0.2) is 4.98 Å². The molecule has 122 valence electrons. The third-order valence-corrected chi connectivity index (χ3v) is 4.34. The van der Waals surface area contributed by atoms with Gasteiger partial charge in [-0.2, -0.15) is 0 Å². The molecule has 5 heteroatoms. The van der Waals surface area contributed by atoms with Gasteiger partial charge in [0.2, 0.25) is 5.88 Å². The number of ether oxygens (including phenoxy) is 1. The average molecular weight is 305 g/mol. The van der Waals surface area contributed by atoms with Gasteiger partial charge in [-0.1, -0.05) is 6.42 Å². The van der Waals surface area contributed by atoms with Crippen molar-refractivity contribution in [3.8, 4) is 5.88 Å². The molecule has 5 nitrogen and oxygen atoms in total. The summed E-state index contributed by atoms with van der Waals surface area (Å²) in [6.07, 6.45) is 6.46. The number of nitrogens with zero attached hydrogens (tertiary/aromatic N) is 3. The number of likely N-dealkylation sites (tertiary alicyclic amines) is 1. The van der Waals surface area contributed by atoms with Crippen molar-refractivity contribution in [1.29, 1.82) is 0 Å². The van der Waals surface area contributed by atoms with E-state index >= 15 is 0 Å². The Labute approximate surface area is 133 Å². The van der Waals surface area contributed by atoms with Crippen LogP contribution in [0.1, 0.15) is 43.0 Å². The van der Waals surface area contributed by atoms with Crippen molar-refractivity contribution >= 4 is 5.91 Å². The number of pyridine rings is 1. The molecule has 0 aliphatic carbocycles. The Bertz CT molecular complexity index is 475. The van der Waals surface area contributed by atoms with E-state index in [1.165, 1.54) is 25.8 Å². The van der Waals surface area contributed by atoms with Gasteiger partial charge in [0.05, 0.1) is 12.2 Å². The van der Waals surface area contributed by atoms with Crippen LogP contribution in [0.15, 0.2) is 18.3 Å². The van der Waals surface area contributed by atoms with Crippen LogP contribution in [0.25, 0.3) is 0 Å². The Morgan fingerprint density at radius 2 is 2.27 bits per heavy atom. The van der Waals surface area contributed by atoms with Crippen LogP contribution in [-0.2, 0) is 0 Å². The van der Waals surface area contributed by atoms with E-state index in [9.17, 15) is 4.79 Å². The molecule has 0 saturated carbocycles. The molecule has 0 aromatic carbocycles. The molecule has 0 unspecified atom stereocenters. The first kappa shape index (κ1) is 16.7. The number of piperidine rings is 1. The van der Waals surface area contributed by atoms with Gasteiger partial charge in [0, 0.05) is 31.9 Å². The zero-order chi connectivity index (χ0) is 15.9. The second-order valence-electron chi connectivity index (χ2n) is 5.96. The van der Waals surface area contributed by atoms with E-state index in [1.807, 2.05) is 14.0 Å². The van der Waals surface area contributed by atoms with Gasteiger partial charge in [-0.3, -0.25) is 4.79 Å². The highest BCUT2D eigenvalue weighted by Gasteiger charge is 2.20. The quantitative estimate of drug-likeness (QED) is 0.810. The molecule has 22 heavy (non-hydrogen) atoms. The highest BCUT2D eigenvalue weighted by molar-refractivity contribution is 5.93. The monoisotopic (exact) mass is 305 g/mol. The van der Waals surface area contributed by atoms with Gasteiger partial charge in [-0.05, 0) is 45.8 Å². The molecule has 1 aliphatic heterocycles. The largest absolute Gasteiger partial charge is 0.478 e. The van der Waals surface area contributed by atoms with Crippen LogP contribution in [0.3, 0.4) is 0 Å². The fourth-order valence-electron chi connectivity index (χ4n) is 2.91. The zero-order valence-corrected chi connectivity index (χ0v) is 13.9. The molecule has 1 saturated heterocycles. The summed E-state index contributed by atoms with van der Waals surface area (Å²) < 4.78 is 5.30. The SMILES string of the molecule is CCOc1ccc(C(=O)N(C)CC[C@@H]2CCCCN2C)cn1. The molecular weight excluding hydrogens is 278 g/mol. The number of rotatable bonds is 6. The number of hydrogen-bond acceptors (Lipinski definition) is 4. The molecule has 1 aromatic heterocycles. The molecule has 0 spiro atoms. The van der Waals surface area contributed by atoms with Crippen LogP contribution >= 0.6 is 0 Å². The summed E-state index contributed by atoms with van der Waals surface area (Å²) in [7, 11) is 4.05. The summed E-state index contributed by atoms with van der Waals surface area (Å²) in [4.78, 5) is 20.8. The maximum atomic E-state index is 12.4. The first-order valence-corrected chi connectivity index (χ1v) is 8.16. The smallest absolute Gasteiger partial charge is 0.255 e. The Balaban J connectivity index is 1.85. The Morgan fingerprint density at radius 1 is 1.45 bits per heavy atom. The van der Waals surface area contributed by atoms with E-state index in [2.05, 4.69) is 16.9 Å². The van der Waals surface area contributed by atoms with Crippen LogP contribution in [0, 0.1) is 0 Å². The van der Waals surface area contributed by atoms with Crippen molar-refractivity contribution in [3.63, 3.8) is 0 Å². The number of amides is 1. The van der Waals surface area contributed by atoms with Crippen LogP contribution < -0.4 is 4.74 Å². The molecule has 0 radical (unpaired) electrons. The molecule has 0 N–H and O–H groups in total. The van der Waals surface area contributed by atoms with Crippen molar-refractivity contribution in [1.82, 2.24) is 14.8 Å². The molecule has 0 bridgehead atoms. The summed E-state index contributed by atoms with van der Waals surface area (Å²) in [6.45, 7) is 4.44. The standard InChI is InChI=1S/C17H27N3O2/c1-4-22-16-9-8-14(13-18-16)17(21)20(3)12-10-15-7-5-6-11-19(15)2/h8-9,13,15H,4-7,10-12H2,1-3H3/t15-/m0/s1. The van der Waals surface area contributed by atoms with E-state index in [-0.39, 0.29) is 5.91 Å². The lowest BCUT2D eigenvalue weighted by Crippen LogP contribution is -2.39. The highest BCUT2D eigenvalue weighted by Crippen LogP contribution is 2.18. The van der Waals surface area contributed by atoms with Gasteiger partial charge >= 0.3 is 0 Å². The third kappa shape index (κ3) is 4.44. The maximum Gasteiger partial charge on any atom is 0.255 e. The second kappa shape index (κ2) is 8.13. The molecule has 1 atom stereocenters. The van der Waals surface area contributed by atoms with Crippen molar-refractivity contribution in [3.05, 3.63) is 23.9 Å². The first-order chi connectivity index (χ1) is 10.6. The number of hydrogen-bond donors (Lipinski definition) is 0. The van der Waals surface area contributed by atoms with E-state index in [0.29, 0.717) is 24.1 Å². The predicted molar refractivity (Wildman–Crippen MR) is 87.3 cm³/mol. The molecule has 1 amide bonds. The summed E-state index contributed by atoms with van der Waals surface area (Å²) in [5, 5.41) is 0. The Hall–Kier alpha value is -1.62. The second-order valence-corrected chi connectivity index (χ2v) is 5.96. The van der Waals surface area contributed by atoms with Crippen molar-refractivity contribution in [2.75, 3.05) is 33.8 Å². The van der Waals surface area contributed by atoms with Gasteiger partial charge in [0.25, 0.3) is 5.91 Å². The number of carbonyl (C=O) groups is 1. The van der Waals surface area contributed by atoms with Crippen LogP contribution in [-0.4, -0.2) is 60.5 Å². The Kier molecular flexibility index (Phi) is 6.19. The first-order valence-electron chi connectivity index (χ1n) is 8.16. The van der Waals surface area contributed by atoms with Gasteiger partial charge in [-0.15, -0.1) is 0 Å². The fourth-order valence-corrected chi connectivity index (χ4v) is 2.91. The minimum Gasteiger partial charge on any atom is -0.478 e. The molecule has 1 fully saturated rings. The highest BCUT2D eigenvalue weighted by atomic mass is 16.5. The number of carbonyl (C=O) groups excluding carboxylic acids is 1. The summed E-state index contributed by atoms with van der Waals surface area (Å²) in [6, 6.07) is 4.13. The lowest BCUT2D eigenvalue weighted by Gasteiger charge is -2.33. The molecular formula is C17H27N3O2. The number of aromatic nitrogens is 1. The van der Waals surface area contributed by atoms with E-state index in [0.717, 1.165) is 13.0 Å². The maximum absolute atomic E-state index is 12.4. The van der Waals surface area contributed by atoms with Crippen molar-refractivity contribution in [2.24, 2.45) is 0 Å². The Morgan fingerprint density at radius 3 is 2.91 bits per heavy atom. The van der Waals surface area contributed by atoms with E-state index < -0.39 is 0 Å². The molecule has 2 heterocycles. The van der Waals surface area contributed by atoms with E-state index in [1.54, 1.807) is 23.2 Å². The minimum atomic E-state index is 0.0222. The van der Waals surface area contributed by atoms with Crippen molar-refractivity contribution < 1.29 is 9.53 Å². The summed E-state index contributed by atoms with van der Waals surface area (Å²) in [5.74, 6) is 0.583. The topological polar surface area (TPSA) is 45.7 Å². The van der Waals surface area contributed by atoms with Crippen molar-refractivity contribution in [2.45, 2.75) is 38.6 Å². The van der Waals surface area contributed by atoms with Crippen LogP contribution in [0.4, 0.5) is 0 Å². The van der Waals surface area contributed by atoms with Gasteiger partial charge in [0.15, 0.2) is 0 Å². The fraction of sp³-hybridized carbons (Fsp3) is 0.647. The van der Waals surface area contributed by atoms with E-state index in [4.69, 9.17) is 4.74 Å².